The second kappa shape index (κ2) is 9.33. The van der Waals surface area contributed by atoms with E-state index in [0.29, 0.717) is 23.5 Å². The van der Waals surface area contributed by atoms with Crippen LogP contribution in [0.1, 0.15) is 55.8 Å². The fourth-order valence-electron chi connectivity index (χ4n) is 3.99. The molecule has 0 radical (unpaired) electrons. The lowest BCUT2D eigenvalue weighted by Gasteiger charge is -2.36. The number of rotatable bonds is 6. The van der Waals surface area contributed by atoms with Crippen molar-refractivity contribution in [1.29, 1.82) is 0 Å². The summed E-state index contributed by atoms with van der Waals surface area (Å²) in [5.74, 6) is -0.206. The summed E-state index contributed by atoms with van der Waals surface area (Å²) in [4.78, 5) is 26.6. The van der Waals surface area contributed by atoms with Gasteiger partial charge in [0.05, 0.1) is 18.2 Å². The molecule has 1 atom stereocenters. The largest absolute Gasteiger partial charge is 0.375 e. The lowest BCUT2D eigenvalue weighted by Crippen LogP contribution is -2.47. The highest BCUT2D eigenvalue weighted by molar-refractivity contribution is 5.98. The molecule has 1 aromatic rings. The summed E-state index contributed by atoms with van der Waals surface area (Å²) in [7, 11) is 1.59. The summed E-state index contributed by atoms with van der Waals surface area (Å²) in [5.41, 5.74) is 1.18. The lowest BCUT2D eigenvalue weighted by molar-refractivity contribution is -0.122. The van der Waals surface area contributed by atoms with E-state index in [0.717, 1.165) is 25.9 Å². The first-order chi connectivity index (χ1) is 13.1. The van der Waals surface area contributed by atoms with Gasteiger partial charge in [-0.05, 0) is 50.8 Å². The predicted octanol–water partition coefficient (Wildman–Crippen LogP) is 2.80. The van der Waals surface area contributed by atoms with Crippen LogP contribution >= 0.6 is 0 Å². The number of benzene rings is 1. The Labute approximate surface area is 161 Å². The topological polar surface area (TPSA) is 70.7 Å². The van der Waals surface area contributed by atoms with Crippen molar-refractivity contribution in [1.82, 2.24) is 10.2 Å². The Balaban J connectivity index is 1.48. The van der Waals surface area contributed by atoms with Crippen molar-refractivity contribution in [2.45, 2.75) is 63.7 Å². The molecule has 2 amide bonds. The molecule has 2 fully saturated rings. The second-order valence-electron chi connectivity index (χ2n) is 7.60. The van der Waals surface area contributed by atoms with Crippen molar-refractivity contribution in [3.05, 3.63) is 29.8 Å². The molecule has 6 heteroatoms. The van der Waals surface area contributed by atoms with Crippen LogP contribution in [0.4, 0.5) is 5.69 Å². The minimum absolute atomic E-state index is 0.0424. The monoisotopic (exact) mass is 373 g/mol. The minimum Gasteiger partial charge on any atom is -0.375 e. The molecule has 0 spiro atoms. The van der Waals surface area contributed by atoms with E-state index in [2.05, 4.69) is 15.5 Å². The fourth-order valence-corrected chi connectivity index (χ4v) is 3.99. The smallest absolute Gasteiger partial charge is 0.251 e. The van der Waals surface area contributed by atoms with Gasteiger partial charge in [-0.15, -0.1) is 0 Å². The fraction of sp³-hybridized carbons (Fsp3) is 0.619. The number of ether oxygens (including phenoxy) is 1. The van der Waals surface area contributed by atoms with Crippen molar-refractivity contribution in [2.75, 3.05) is 25.5 Å². The van der Waals surface area contributed by atoms with Crippen molar-refractivity contribution < 1.29 is 14.3 Å². The molecule has 1 aromatic carbocycles. The third-order valence-corrected chi connectivity index (χ3v) is 5.71. The van der Waals surface area contributed by atoms with Gasteiger partial charge in [-0.3, -0.25) is 14.5 Å². The van der Waals surface area contributed by atoms with Crippen molar-refractivity contribution in [3.63, 3.8) is 0 Å². The van der Waals surface area contributed by atoms with Crippen LogP contribution in [0.15, 0.2) is 24.3 Å². The van der Waals surface area contributed by atoms with Crippen molar-refractivity contribution >= 4 is 17.5 Å². The van der Waals surface area contributed by atoms with Gasteiger partial charge in [-0.2, -0.15) is 0 Å². The van der Waals surface area contributed by atoms with E-state index in [-0.39, 0.29) is 17.9 Å². The number of nitrogens with zero attached hydrogens (tertiary/aromatic N) is 1. The number of anilines is 1. The molecule has 1 saturated carbocycles. The van der Waals surface area contributed by atoms with Gasteiger partial charge >= 0.3 is 0 Å². The van der Waals surface area contributed by atoms with Crippen LogP contribution in [0.2, 0.25) is 0 Å². The third-order valence-electron chi connectivity index (χ3n) is 5.71. The zero-order valence-electron chi connectivity index (χ0n) is 16.4. The van der Waals surface area contributed by atoms with Crippen LogP contribution in [-0.4, -0.2) is 55.1 Å². The molecular formula is C21H31N3O3. The zero-order chi connectivity index (χ0) is 19.2. The van der Waals surface area contributed by atoms with Crippen LogP contribution in [0, 0.1) is 0 Å². The number of carbonyl (C=O) groups is 2. The van der Waals surface area contributed by atoms with Gasteiger partial charge in [0.15, 0.2) is 0 Å². The highest BCUT2D eigenvalue weighted by Gasteiger charge is 2.29. The normalized spacial score (nSPS) is 20.4. The predicted molar refractivity (Wildman–Crippen MR) is 106 cm³/mol. The summed E-state index contributed by atoms with van der Waals surface area (Å²) < 4.78 is 6.22. The van der Waals surface area contributed by atoms with Crippen LogP contribution in [0.25, 0.3) is 0 Å². The number of carbonyl (C=O) groups excluding carboxylic acids is 2. The van der Waals surface area contributed by atoms with Gasteiger partial charge in [-0.1, -0.05) is 18.9 Å². The van der Waals surface area contributed by atoms with E-state index < -0.39 is 0 Å². The Morgan fingerprint density at radius 1 is 1.11 bits per heavy atom. The molecule has 2 aliphatic rings. The number of nitrogens with one attached hydrogen (secondary N) is 2. The lowest BCUT2D eigenvalue weighted by atomic mass is 10.0. The molecule has 27 heavy (non-hydrogen) atoms. The number of likely N-dealkylation sites (tertiary alicyclic amines) is 1. The number of hydrogen-bond donors (Lipinski definition) is 2. The molecular weight excluding hydrogens is 342 g/mol. The minimum atomic E-state index is -0.207. The zero-order valence-corrected chi connectivity index (χ0v) is 16.4. The summed E-state index contributed by atoms with van der Waals surface area (Å²) in [5, 5.41) is 5.53. The van der Waals surface area contributed by atoms with Gasteiger partial charge in [0.2, 0.25) is 5.91 Å². The van der Waals surface area contributed by atoms with Crippen LogP contribution in [0.3, 0.4) is 0 Å². The van der Waals surface area contributed by atoms with E-state index in [4.69, 9.17) is 4.74 Å². The van der Waals surface area contributed by atoms with Gasteiger partial charge in [0, 0.05) is 31.4 Å². The first-order valence-electron chi connectivity index (χ1n) is 10.1. The maximum Gasteiger partial charge on any atom is 0.251 e. The maximum absolute atomic E-state index is 12.6. The van der Waals surface area contributed by atoms with E-state index >= 15 is 0 Å². The summed E-state index contributed by atoms with van der Waals surface area (Å²) in [6, 6.07) is 6.80. The van der Waals surface area contributed by atoms with E-state index in [1.165, 1.54) is 25.7 Å². The number of piperidine rings is 1. The molecule has 1 unspecified atom stereocenters. The molecule has 6 nitrogen and oxygen atoms in total. The van der Waals surface area contributed by atoms with Gasteiger partial charge in [0.25, 0.3) is 5.91 Å². The third kappa shape index (κ3) is 5.30. The van der Waals surface area contributed by atoms with E-state index in [1.807, 2.05) is 6.92 Å². The first kappa shape index (κ1) is 19.8. The SMILES string of the molecule is CNC(=O)c1cccc(NC(=O)C(C)N2CCC(OC3CCCC3)CC2)c1. The maximum atomic E-state index is 12.6. The van der Waals surface area contributed by atoms with Gasteiger partial charge < -0.3 is 15.4 Å². The Bertz CT molecular complexity index is 650. The van der Waals surface area contributed by atoms with Crippen LogP contribution in [-0.2, 0) is 9.53 Å². The Kier molecular flexibility index (Phi) is 6.85. The van der Waals surface area contributed by atoms with E-state index in [9.17, 15) is 9.59 Å². The number of amides is 2. The molecule has 1 aliphatic heterocycles. The Morgan fingerprint density at radius 3 is 2.44 bits per heavy atom. The molecule has 1 saturated heterocycles. The average Bonchev–Trinajstić information content (AvgIpc) is 3.20. The van der Waals surface area contributed by atoms with E-state index in [1.54, 1.807) is 31.3 Å². The summed E-state index contributed by atoms with van der Waals surface area (Å²) >= 11 is 0. The summed E-state index contributed by atoms with van der Waals surface area (Å²) in [6.45, 7) is 3.70. The highest BCUT2D eigenvalue weighted by atomic mass is 16.5. The second-order valence-corrected chi connectivity index (χ2v) is 7.60. The molecule has 148 valence electrons. The standard InChI is InChI=1S/C21H31N3O3/c1-15(20(25)23-17-7-5-6-16(14-17)21(26)22-2)24-12-10-19(11-13-24)27-18-8-3-4-9-18/h5-7,14-15,18-19H,3-4,8-13H2,1-2H3,(H,22,26)(H,23,25). The van der Waals surface area contributed by atoms with Crippen LogP contribution < -0.4 is 10.6 Å². The molecule has 1 heterocycles. The van der Waals surface area contributed by atoms with Gasteiger partial charge in [0.1, 0.15) is 0 Å². The van der Waals surface area contributed by atoms with Crippen molar-refractivity contribution in [2.24, 2.45) is 0 Å². The molecule has 0 bridgehead atoms. The first-order valence-corrected chi connectivity index (χ1v) is 10.1. The highest BCUT2D eigenvalue weighted by Crippen LogP contribution is 2.26. The molecule has 2 N–H and O–H groups in total. The molecule has 1 aliphatic carbocycles. The van der Waals surface area contributed by atoms with Crippen molar-refractivity contribution in [3.8, 4) is 0 Å². The van der Waals surface area contributed by atoms with Crippen LogP contribution in [0.5, 0.6) is 0 Å². The molecule has 0 aromatic heterocycles. The average molecular weight is 373 g/mol. The Morgan fingerprint density at radius 2 is 1.78 bits per heavy atom. The molecule has 3 rings (SSSR count). The number of hydrogen-bond acceptors (Lipinski definition) is 4. The summed E-state index contributed by atoms with van der Waals surface area (Å²) in [6.07, 6.45) is 7.76. The quantitative estimate of drug-likeness (QED) is 0.804. The Hall–Kier alpha value is -1.92. The van der Waals surface area contributed by atoms with Gasteiger partial charge in [-0.25, -0.2) is 0 Å².